The first-order chi connectivity index (χ1) is 11.0. The Bertz CT molecular complexity index is 701. The fraction of sp³-hybridized carbons (Fsp3) is 0.278. The van der Waals surface area contributed by atoms with Crippen LogP contribution in [0, 0.1) is 20.8 Å². The summed E-state index contributed by atoms with van der Waals surface area (Å²) < 4.78 is 6.62. The van der Waals surface area contributed by atoms with Gasteiger partial charge in [-0.1, -0.05) is 22.0 Å². The number of carbonyl (C=O) groups excluding carboxylic acids is 1. The summed E-state index contributed by atoms with van der Waals surface area (Å²) >= 11 is 3.40. The van der Waals surface area contributed by atoms with Crippen LogP contribution in [0.25, 0.3) is 0 Å². The number of halogens is 1. The Balaban J connectivity index is 1.75. The summed E-state index contributed by atoms with van der Waals surface area (Å²) in [6, 6.07) is 11.4. The molecule has 4 nitrogen and oxygen atoms in total. The van der Waals surface area contributed by atoms with E-state index in [0.717, 1.165) is 21.5 Å². The number of amides is 2. The number of hydrogen-bond acceptors (Lipinski definition) is 2. The predicted molar refractivity (Wildman–Crippen MR) is 97.3 cm³/mol. The van der Waals surface area contributed by atoms with Gasteiger partial charge in [0.25, 0.3) is 0 Å². The molecule has 5 heteroatoms. The molecule has 0 fully saturated rings. The summed E-state index contributed by atoms with van der Waals surface area (Å²) in [5, 5.41) is 5.61. The first kappa shape index (κ1) is 17.3. The summed E-state index contributed by atoms with van der Waals surface area (Å²) in [5.74, 6) is 0.819. The van der Waals surface area contributed by atoms with Crippen LogP contribution < -0.4 is 15.4 Å². The van der Waals surface area contributed by atoms with Gasteiger partial charge < -0.3 is 15.4 Å². The molecule has 0 radical (unpaired) electrons. The van der Waals surface area contributed by atoms with Crippen molar-refractivity contribution in [1.29, 1.82) is 0 Å². The van der Waals surface area contributed by atoms with E-state index in [0.29, 0.717) is 13.2 Å². The minimum absolute atomic E-state index is 0.237. The molecular weight excluding hydrogens is 356 g/mol. The third-order valence-electron chi connectivity index (χ3n) is 3.57. The van der Waals surface area contributed by atoms with Crippen LogP contribution in [-0.4, -0.2) is 19.2 Å². The third-order valence-corrected chi connectivity index (χ3v) is 4.06. The minimum Gasteiger partial charge on any atom is -0.492 e. The molecule has 0 spiro atoms. The van der Waals surface area contributed by atoms with E-state index in [2.05, 4.69) is 40.4 Å². The molecule has 0 heterocycles. The average Bonchev–Trinajstić information content (AvgIpc) is 2.50. The lowest BCUT2D eigenvalue weighted by atomic mass is 10.1. The summed E-state index contributed by atoms with van der Waals surface area (Å²) in [6.45, 7) is 6.93. The summed E-state index contributed by atoms with van der Waals surface area (Å²) in [4.78, 5) is 11.9. The van der Waals surface area contributed by atoms with Crippen LogP contribution in [0.15, 0.2) is 40.9 Å². The number of benzene rings is 2. The molecule has 0 unspecified atom stereocenters. The largest absolute Gasteiger partial charge is 0.492 e. The zero-order valence-electron chi connectivity index (χ0n) is 13.6. The number of hydrogen-bond donors (Lipinski definition) is 2. The predicted octanol–water partition coefficient (Wildman–Crippen LogP) is 4.57. The standard InChI is InChI=1S/C18H21BrN2O2/c1-12-4-6-16(11-13(12)2)23-9-8-20-18(22)21-17-7-5-15(19)10-14(17)3/h4-7,10-11H,8-9H2,1-3H3,(H2,20,21,22). The van der Waals surface area contributed by atoms with Gasteiger partial charge in [0.1, 0.15) is 12.4 Å². The van der Waals surface area contributed by atoms with E-state index in [1.165, 1.54) is 11.1 Å². The van der Waals surface area contributed by atoms with Crippen molar-refractivity contribution in [3.05, 3.63) is 57.6 Å². The van der Waals surface area contributed by atoms with Gasteiger partial charge in [-0.3, -0.25) is 0 Å². The quantitative estimate of drug-likeness (QED) is 0.750. The number of rotatable bonds is 5. The van der Waals surface area contributed by atoms with E-state index >= 15 is 0 Å². The SMILES string of the molecule is Cc1ccc(OCCNC(=O)Nc2ccc(Br)cc2C)cc1C. The van der Waals surface area contributed by atoms with Crippen LogP contribution in [0.4, 0.5) is 10.5 Å². The highest BCUT2D eigenvalue weighted by molar-refractivity contribution is 9.10. The van der Waals surface area contributed by atoms with Crippen LogP contribution in [0.2, 0.25) is 0 Å². The van der Waals surface area contributed by atoms with Crippen molar-refractivity contribution in [2.75, 3.05) is 18.5 Å². The molecule has 0 saturated carbocycles. The lowest BCUT2D eigenvalue weighted by molar-refractivity contribution is 0.247. The van der Waals surface area contributed by atoms with Crippen molar-refractivity contribution in [2.45, 2.75) is 20.8 Å². The van der Waals surface area contributed by atoms with E-state index in [1.54, 1.807) is 0 Å². The van der Waals surface area contributed by atoms with E-state index in [-0.39, 0.29) is 6.03 Å². The molecule has 2 amide bonds. The summed E-state index contributed by atoms with van der Waals surface area (Å²) in [7, 11) is 0. The maximum Gasteiger partial charge on any atom is 0.319 e. The minimum atomic E-state index is -0.237. The number of nitrogens with one attached hydrogen (secondary N) is 2. The van der Waals surface area contributed by atoms with Crippen molar-refractivity contribution < 1.29 is 9.53 Å². The van der Waals surface area contributed by atoms with Crippen LogP contribution in [0.1, 0.15) is 16.7 Å². The van der Waals surface area contributed by atoms with Crippen molar-refractivity contribution in [3.8, 4) is 5.75 Å². The first-order valence-corrected chi connectivity index (χ1v) is 8.26. The fourth-order valence-electron chi connectivity index (χ4n) is 2.07. The zero-order valence-corrected chi connectivity index (χ0v) is 15.2. The van der Waals surface area contributed by atoms with Gasteiger partial charge in [-0.15, -0.1) is 0 Å². The highest BCUT2D eigenvalue weighted by Gasteiger charge is 2.04. The molecule has 122 valence electrons. The maximum absolute atomic E-state index is 11.9. The van der Waals surface area contributed by atoms with Crippen LogP contribution in [0.3, 0.4) is 0 Å². The average molecular weight is 377 g/mol. The normalized spacial score (nSPS) is 10.3. The van der Waals surface area contributed by atoms with Gasteiger partial charge in [0, 0.05) is 10.2 Å². The molecule has 0 atom stereocenters. The number of anilines is 1. The maximum atomic E-state index is 11.9. The highest BCUT2D eigenvalue weighted by Crippen LogP contribution is 2.20. The Morgan fingerprint density at radius 3 is 2.52 bits per heavy atom. The molecule has 0 aliphatic rings. The van der Waals surface area contributed by atoms with Crippen molar-refractivity contribution in [3.63, 3.8) is 0 Å². The summed E-state index contributed by atoms with van der Waals surface area (Å²) in [5.41, 5.74) is 4.22. The third kappa shape index (κ3) is 5.28. The van der Waals surface area contributed by atoms with Gasteiger partial charge in [0.15, 0.2) is 0 Å². The van der Waals surface area contributed by atoms with Gasteiger partial charge in [-0.05, 0) is 67.8 Å². The number of urea groups is 1. The zero-order chi connectivity index (χ0) is 16.8. The molecule has 23 heavy (non-hydrogen) atoms. The molecule has 2 N–H and O–H groups in total. The lowest BCUT2D eigenvalue weighted by Crippen LogP contribution is -2.32. The number of ether oxygens (including phenoxy) is 1. The van der Waals surface area contributed by atoms with Gasteiger partial charge in [0.05, 0.1) is 6.54 Å². The Morgan fingerprint density at radius 1 is 1.04 bits per heavy atom. The Hall–Kier alpha value is -2.01. The molecule has 0 saturated heterocycles. The van der Waals surface area contributed by atoms with Crippen molar-refractivity contribution in [1.82, 2.24) is 5.32 Å². The molecule has 2 rings (SSSR count). The van der Waals surface area contributed by atoms with Gasteiger partial charge in [-0.25, -0.2) is 4.79 Å². The fourth-order valence-corrected chi connectivity index (χ4v) is 2.55. The smallest absolute Gasteiger partial charge is 0.319 e. The Morgan fingerprint density at radius 2 is 1.83 bits per heavy atom. The van der Waals surface area contributed by atoms with Crippen molar-refractivity contribution >= 4 is 27.6 Å². The van der Waals surface area contributed by atoms with Gasteiger partial charge in [-0.2, -0.15) is 0 Å². The molecule has 0 bridgehead atoms. The van der Waals surface area contributed by atoms with E-state index < -0.39 is 0 Å². The molecular formula is C18H21BrN2O2. The molecule has 2 aromatic rings. The highest BCUT2D eigenvalue weighted by atomic mass is 79.9. The molecule has 2 aromatic carbocycles. The van der Waals surface area contributed by atoms with E-state index in [1.807, 2.05) is 43.3 Å². The topological polar surface area (TPSA) is 50.4 Å². The molecule has 0 aliphatic heterocycles. The monoisotopic (exact) mass is 376 g/mol. The van der Waals surface area contributed by atoms with Gasteiger partial charge in [0.2, 0.25) is 0 Å². The van der Waals surface area contributed by atoms with Gasteiger partial charge >= 0.3 is 6.03 Å². The van der Waals surface area contributed by atoms with E-state index in [9.17, 15) is 4.79 Å². The van der Waals surface area contributed by atoms with Crippen LogP contribution >= 0.6 is 15.9 Å². The van der Waals surface area contributed by atoms with Crippen LogP contribution in [-0.2, 0) is 0 Å². The second kappa shape index (κ2) is 8.02. The second-order valence-corrected chi connectivity index (χ2v) is 6.35. The first-order valence-electron chi connectivity index (χ1n) is 7.47. The number of carbonyl (C=O) groups is 1. The van der Waals surface area contributed by atoms with Crippen LogP contribution in [0.5, 0.6) is 5.75 Å². The second-order valence-electron chi connectivity index (χ2n) is 5.43. The summed E-state index contributed by atoms with van der Waals surface area (Å²) in [6.07, 6.45) is 0. The lowest BCUT2D eigenvalue weighted by Gasteiger charge is -2.11. The Kier molecular flexibility index (Phi) is 6.04. The number of aryl methyl sites for hydroxylation is 3. The Labute approximate surface area is 145 Å². The van der Waals surface area contributed by atoms with E-state index in [4.69, 9.17) is 4.74 Å². The molecule has 0 aromatic heterocycles. The molecule has 0 aliphatic carbocycles. The van der Waals surface area contributed by atoms with Crippen molar-refractivity contribution in [2.24, 2.45) is 0 Å².